The number of carboxylic acids is 1. The van der Waals surface area contributed by atoms with Crippen LogP contribution in [0, 0.1) is 5.92 Å². The molecule has 3 nitrogen and oxygen atoms in total. The summed E-state index contributed by atoms with van der Waals surface area (Å²) < 4.78 is 0. The summed E-state index contributed by atoms with van der Waals surface area (Å²) in [4.78, 5) is 15.2. The van der Waals surface area contributed by atoms with E-state index in [1.165, 1.54) is 0 Å². The molecule has 1 aliphatic rings. The molecule has 3 heteroatoms. The molecule has 15 heavy (non-hydrogen) atoms. The van der Waals surface area contributed by atoms with Crippen LogP contribution in [0.5, 0.6) is 0 Å². The summed E-state index contributed by atoms with van der Waals surface area (Å²) in [6.07, 6.45) is 1.85. The molecule has 1 aromatic rings. The number of fused-ring (bicyclic) bond motifs is 1. The summed E-state index contributed by atoms with van der Waals surface area (Å²) in [5.41, 5.74) is 1.96. The summed E-state index contributed by atoms with van der Waals surface area (Å²) in [6, 6.07) is 5.34. The van der Waals surface area contributed by atoms with E-state index in [-0.39, 0.29) is 5.92 Å². The van der Waals surface area contributed by atoms with Gasteiger partial charge < -0.3 is 5.11 Å². The third kappa shape index (κ3) is 1.54. The van der Waals surface area contributed by atoms with E-state index in [1.807, 2.05) is 12.3 Å². The van der Waals surface area contributed by atoms with Gasteiger partial charge in [0.15, 0.2) is 0 Å². The lowest BCUT2D eigenvalue weighted by Crippen LogP contribution is -2.05. The van der Waals surface area contributed by atoms with E-state index in [1.54, 1.807) is 12.1 Å². The van der Waals surface area contributed by atoms with Crippen molar-refractivity contribution < 1.29 is 9.90 Å². The van der Waals surface area contributed by atoms with E-state index in [0.717, 1.165) is 5.56 Å². The number of carboxylic acid groups (broad SMARTS) is 1. The number of hydrogen-bond donors (Lipinski definition) is 1. The van der Waals surface area contributed by atoms with Gasteiger partial charge in [0, 0.05) is 12.1 Å². The molecule has 0 fully saturated rings. The third-order valence-electron chi connectivity index (χ3n) is 2.74. The molecular weight excluding hydrogens is 190 g/mol. The van der Waals surface area contributed by atoms with E-state index in [2.05, 4.69) is 18.8 Å². The van der Waals surface area contributed by atoms with Crippen molar-refractivity contribution in [3.63, 3.8) is 0 Å². The molecule has 0 bridgehead atoms. The van der Waals surface area contributed by atoms with Crippen LogP contribution in [0.3, 0.4) is 0 Å². The second-order valence-corrected chi connectivity index (χ2v) is 4.10. The Morgan fingerprint density at radius 2 is 2.20 bits per heavy atom. The zero-order valence-electron chi connectivity index (χ0n) is 8.77. The van der Waals surface area contributed by atoms with Crippen molar-refractivity contribution >= 4 is 17.9 Å². The van der Waals surface area contributed by atoms with Crippen molar-refractivity contribution in [2.45, 2.75) is 19.8 Å². The monoisotopic (exact) mass is 203 g/mol. The van der Waals surface area contributed by atoms with Crippen molar-refractivity contribution in [3.05, 3.63) is 29.3 Å². The fraction of sp³-hybridized carbons (Fsp3) is 0.333. The number of aliphatic imine (C=N–C) groups is 1. The molecule has 0 radical (unpaired) electrons. The quantitative estimate of drug-likeness (QED) is 0.803. The van der Waals surface area contributed by atoms with E-state index < -0.39 is 5.97 Å². The van der Waals surface area contributed by atoms with Crippen molar-refractivity contribution in [2.24, 2.45) is 10.9 Å². The standard InChI is InChI=1S/C12H13NO2/c1-7(2)10-6-13-11-8(10)4-3-5-9(11)12(14)15/h3-7,10H,1-2H3,(H,14,15). The summed E-state index contributed by atoms with van der Waals surface area (Å²) in [5, 5.41) is 9.00. The van der Waals surface area contributed by atoms with Crippen molar-refractivity contribution in [1.29, 1.82) is 0 Å². The lowest BCUT2D eigenvalue weighted by molar-refractivity contribution is 0.0698. The number of aromatic carboxylic acids is 1. The van der Waals surface area contributed by atoms with Gasteiger partial charge in [-0.15, -0.1) is 0 Å². The Labute approximate surface area is 88.5 Å². The van der Waals surface area contributed by atoms with Crippen molar-refractivity contribution in [2.75, 3.05) is 0 Å². The zero-order chi connectivity index (χ0) is 11.0. The van der Waals surface area contributed by atoms with Gasteiger partial charge in [0.05, 0.1) is 11.3 Å². The molecule has 78 valence electrons. The number of carbonyl (C=O) groups is 1. The number of hydrogen-bond acceptors (Lipinski definition) is 2. The highest BCUT2D eigenvalue weighted by Gasteiger charge is 2.25. The van der Waals surface area contributed by atoms with Gasteiger partial charge in [-0.1, -0.05) is 26.0 Å². The number of nitrogens with zero attached hydrogens (tertiary/aromatic N) is 1. The van der Waals surface area contributed by atoms with Crippen LogP contribution in [0.2, 0.25) is 0 Å². The molecule has 1 aromatic carbocycles. The minimum absolute atomic E-state index is 0.249. The van der Waals surface area contributed by atoms with Gasteiger partial charge in [-0.2, -0.15) is 0 Å². The number of para-hydroxylation sites is 1. The summed E-state index contributed by atoms with van der Waals surface area (Å²) in [6.45, 7) is 4.22. The Kier molecular flexibility index (Phi) is 2.31. The molecule has 1 atom stereocenters. The minimum atomic E-state index is -0.909. The topological polar surface area (TPSA) is 49.7 Å². The van der Waals surface area contributed by atoms with Gasteiger partial charge in [-0.25, -0.2) is 4.79 Å². The molecule has 0 saturated heterocycles. The molecule has 2 rings (SSSR count). The smallest absolute Gasteiger partial charge is 0.337 e. The van der Waals surface area contributed by atoms with Gasteiger partial charge in [0.25, 0.3) is 0 Å². The maximum atomic E-state index is 11.0. The van der Waals surface area contributed by atoms with Crippen LogP contribution in [-0.2, 0) is 0 Å². The van der Waals surface area contributed by atoms with E-state index in [9.17, 15) is 4.79 Å². The Morgan fingerprint density at radius 3 is 2.80 bits per heavy atom. The Morgan fingerprint density at radius 1 is 1.47 bits per heavy atom. The second-order valence-electron chi connectivity index (χ2n) is 4.10. The molecule has 0 saturated carbocycles. The first-order valence-corrected chi connectivity index (χ1v) is 5.01. The fourth-order valence-electron chi connectivity index (χ4n) is 1.91. The summed E-state index contributed by atoms with van der Waals surface area (Å²) in [7, 11) is 0. The lowest BCUT2D eigenvalue weighted by atomic mass is 9.89. The van der Waals surface area contributed by atoms with E-state index >= 15 is 0 Å². The maximum Gasteiger partial charge on any atom is 0.337 e. The summed E-state index contributed by atoms with van der Waals surface area (Å²) in [5.74, 6) is -0.216. The highest BCUT2D eigenvalue weighted by atomic mass is 16.4. The SMILES string of the molecule is CC(C)C1C=Nc2c(C(=O)O)cccc21. The minimum Gasteiger partial charge on any atom is -0.478 e. The maximum absolute atomic E-state index is 11.0. The predicted octanol–water partition coefficient (Wildman–Crippen LogP) is 2.84. The van der Waals surface area contributed by atoms with E-state index in [4.69, 9.17) is 5.11 Å². The van der Waals surface area contributed by atoms with E-state index in [0.29, 0.717) is 17.2 Å². The molecule has 1 N–H and O–H groups in total. The first-order chi connectivity index (χ1) is 7.11. The number of rotatable bonds is 2. The van der Waals surface area contributed by atoms with Gasteiger partial charge in [0.1, 0.15) is 0 Å². The van der Waals surface area contributed by atoms with Gasteiger partial charge in [-0.05, 0) is 17.5 Å². The van der Waals surface area contributed by atoms with Crippen LogP contribution < -0.4 is 0 Å². The molecule has 1 unspecified atom stereocenters. The molecule has 0 aliphatic carbocycles. The fourth-order valence-corrected chi connectivity index (χ4v) is 1.91. The van der Waals surface area contributed by atoms with Gasteiger partial charge in [-0.3, -0.25) is 4.99 Å². The Bertz CT molecular complexity index is 435. The third-order valence-corrected chi connectivity index (χ3v) is 2.74. The Hall–Kier alpha value is -1.64. The van der Waals surface area contributed by atoms with Crippen LogP contribution in [0.25, 0.3) is 0 Å². The lowest BCUT2D eigenvalue weighted by Gasteiger charge is -2.13. The van der Waals surface area contributed by atoms with Crippen LogP contribution in [0.15, 0.2) is 23.2 Å². The molecular formula is C12H13NO2. The zero-order valence-corrected chi connectivity index (χ0v) is 8.77. The van der Waals surface area contributed by atoms with Crippen LogP contribution in [-0.4, -0.2) is 17.3 Å². The predicted molar refractivity (Wildman–Crippen MR) is 59.1 cm³/mol. The molecule has 0 amide bonds. The molecule has 1 heterocycles. The highest BCUT2D eigenvalue weighted by molar-refractivity contribution is 5.98. The molecule has 0 spiro atoms. The second kappa shape index (κ2) is 3.50. The Balaban J connectivity index is 2.53. The van der Waals surface area contributed by atoms with Crippen LogP contribution >= 0.6 is 0 Å². The number of benzene rings is 1. The average molecular weight is 203 g/mol. The largest absolute Gasteiger partial charge is 0.478 e. The van der Waals surface area contributed by atoms with Crippen molar-refractivity contribution in [3.8, 4) is 0 Å². The van der Waals surface area contributed by atoms with Crippen LogP contribution in [0.4, 0.5) is 5.69 Å². The normalized spacial score (nSPS) is 18.2. The van der Waals surface area contributed by atoms with Gasteiger partial charge >= 0.3 is 5.97 Å². The van der Waals surface area contributed by atoms with Crippen LogP contribution in [0.1, 0.15) is 35.7 Å². The summed E-state index contributed by atoms with van der Waals surface area (Å²) >= 11 is 0. The first kappa shape index (κ1) is 9.90. The average Bonchev–Trinajstić information content (AvgIpc) is 2.59. The van der Waals surface area contributed by atoms with Crippen molar-refractivity contribution in [1.82, 2.24) is 0 Å². The molecule has 1 aliphatic heterocycles. The first-order valence-electron chi connectivity index (χ1n) is 5.01. The molecule has 0 aromatic heterocycles. The highest BCUT2D eigenvalue weighted by Crippen LogP contribution is 2.38. The van der Waals surface area contributed by atoms with Gasteiger partial charge in [0.2, 0.25) is 0 Å².